The number of unbranched alkanes of at least 4 members (excludes halogenated alkanes) is 1. The van der Waals surface area contributed by atoms with Gasteiger partial charge >= 0.3 is 12.1 Å². The molecule has 2 heterocycles. The molecule has 11 heteroatoms. The predicted molar refractivity (Wildman–Crippen MR) is 241 cm³/mol. The van der Waals surface area contributed by atoms with Gasteiger partial charge in [0.05, 0.1) is 17.1 Å². The zero-order chi connectivity index (χ0) is 43.3. The van der Waals surface area contributed by atoms with Crippen LogP contribution in [-0.2, 0) is 15.9 Å². The SMILES string of the molecule is CN(C)C1(c2ccccc2)CCC2(CC1)CN(CCCC#N)C(=O)N2CC1CCC1.CN(C)C1(c2ccccc2)CCC2(CC1)CN(CCCC(N)=O)C(=O)N2CC1CCC1. The molecule has 0 atom stereocenters. The Balaban J connectivity index is 0.000000184. The Labute approximate surface area is 366 Å². The van der Waals surface area contributed by atoms with Crippen molar-refractivity contribution in [1.29, 1.82) is 5.26 Å². The van der Waals surface area contributed by atoms with E-state index in [1.807, 2.05) is 9.80 Å². The number of primary amides is 1. The van der Waals surface area contributed by atoms with Crippen LogP contribution in [0, 0.1) is 23.2 Å². The fourth-order valence-corrected chi connectivity index (χ4v) is 11.9. The van der Waals surface area contributed by atoms with E-state index >= 15 is 0 Å². The second-order valence-corrected chi connectivity index (χ2v) is 20.1. The molecule has 2 aromatic rings. The van der Waals surface area contributed by atoms with Crippen LogP contribution in [0.15, 0.2) is 60.7 Å². The quantitative estimate of drug-likeness (QED) is 0.181. The lowest BCUT2D eigenvalue weighted by atomic mass is 9.68. The number of carbonyl (C=O) groups is 3. The van der Waals surface area contributed by atoms with E-state index < -0.39 is 0 Å². The Bertz CT molecular complexity index is 1820. The van der Waals surface area contributed by atoms with Crippen LogP contribution in [0.3, 0.4) is 0 Å². The topological polar surface area (TPSA) is 120 Å². The molecule has 2 saturated heterocycles. The molecule has 6 fully saturated rings. The van der Waals surface area contributed by atoms with E-state index in [1.165, 1.54) is 49.7 Å². The van der Waals surface area contributed by atoms with Crippen molar-refractivity contribution in [2.45, 2.75) is 138 Å². The van der Waals surface area contributed by atoms with Crippen molar-refractivity contribution >= 4 is 18.0 Å². The molecule has 2 aromatic carbocycles. The minimum atomic E-state index is -0.288. The zero-order valence-corrected chi connectivity index (χ0v) is 37.8. The van der Waals surface area contributed by atoms with Gasteiger partial charge in [-0.3, -0.25) is 14.6 Å². The van der Waals surface area contributed by atoms with Gasteiger partial charge in [0, 0.05) is 63.2 Å². The molecule has 61 heavy (non-hydrogen) atoms. The van der Waals surface area contributed by atoms with Crippen molar-refractivity contribution in [2.75, 3.05) is 67.5 Å². The summed E-state index contributed by atoms with van der Waals surface area (Å²) >= 11 is 0. The Hall–Kier alpha value is -4.14. The van der Waals surface area contributed by atoms with Crippen molar-refractivity contribution in [3.05, 3.63) is 71.8 Å². The molecule has 4 aliphatic carbocycles. The standard InChI is InChI=1S/C25H38N4O2.C25H36N4O/c1-27(2)25(21-10-4-3-5-11-21)15-13-24(14-16-25)19-28(17-7-12-22(26)30)23(31)29(24)18-20-8-6-9-20;1-27(2)25(22-11-4-3-5-12-22)15-13-24(14-16-25)20-28(18-7-6-17-26)23(30)29(24)19-21-9-8-10-21/h3-5,10-11,20H,6-9,12-19H2,1-2H3,(H2,26,30);3-5,11-12,21H,6-10,13-16,18-20H2,1-2H3. The average molecular weight is 835 g/mol. The van der Waals surface area contributed by atoms with Gasteiger partial charge in [-0.2, -0.15) is 5.26 Å². The van der Waals surface area contributed by atoms with Crippen LogP contribution in [0.4, 0.5) is 9.59 Å². The van der Waals surface area contributed by atoms with E-state index in [4.69, 9.17) is 11.0 Å². The second kappa shape index (κ2) is 19.1. The third-order valence-electron chi connectivity index (χ3n) is 16.4. The number of nitrogens with zero attached hydrogens (tertiary/aromatic N) is 7. The summed E-state index contributed by atoms with van der Waals surface area (Å²) < 4.78 is 0. The fourth-order valence-electron chi connectivity index (χ4n) is 11.9. The molecule has 2 aliphatic heterocycles. The van der Waals surface area contributed by atoms with Crippen molar-refractivity contribution in [3.63, 3.8) is 0 Å². The minimum Gasteiger partial charge on any atom is -0.370 e. The number of urea groups is 2. The molecule has 8 rings (SSSR count). The molecule has 5 amide bonds. The Morgan fingerprint density at radius 3 is 1.38 bits per heavy atom. The lowest BCUT2D eigenvalue weighted by Gasteiger charge is -2.51. The Morgan fingerprint density at radius 1 is 0.656 bits per heavy atom. The number of hydrogen-bond acceptors (Lipinski definition) is 6. The zero-order valence-electron chi connectivity index (χ0n) is 37.8. The monoisotopic (exact) mass is 835 g/mol. The molecule has 4 saturated carbocycles. The molecule has 0 bridgehead atoms. The van der Waals surface area contributed by atoms with Crippen molar-refractivity contribution in [1.82, 2.24) is 29.4 Å². The third-order valence-corrected chi connectivity index (χ3v) is 16.4. The summed E-state index contributed by atoms with van der Waals surface area (Å²) in [7, 11) is 8.77. The molecular weight excluding hydrogens is 761 g/mol. The number of amides is 5. The first kappa shape index (κ1) is 44.9. The summed E-state index contributed by atoms with van der Waals surface area (Å²) in [5, 5.41) is 8.91. The first-order valence-corrected chi connectivity index (χ1v) is 23.6. The summed E-state index contributed by atoms with van der Waals surface area (Å²) in [6.45, 7) is 4.78. The summed E-state index contributed by atoms with van der Waals surface area (Å²) in [4.78, 5) is 51.3. The van der Waals surface area contributed by atoms with Gasteiger partial charge in [-0.25, -0.2) is 9.59 Å². The molecule has 6 aliphatic rings. The van der Waals surface area contributed by atoms with Gasteiger partial charge in [-0.1, -0.05) is 73.5 Å². The predicted octanol–water partition coefficient (Wildman–Crippen LogP) is 8.16. The molecule has 2 spiro atoms. The van der Waals surface area contributed by atoms with Crippen LogP contribution in [0.1, 0.15) is 127 Å². The molecular formula is C50H74N8O3. The lowest BCUT2D eigenvalue weighted by Crippen LogP contribution is -2.56. The third kappa shape index (κ3) is 9.18. The van der Waals surface area contributed by atoms with Gasteiger partial charge in [0.2, 0.25) is 5.91 Å². The van der Waals surface area contributed by atoms with Gasteiger partial charge < -0.3 is 25.3 Å². The highest BCUT2D eigenvalue weighted by Crippen LogP contribution is 2.51. The maximum absolute atomic E-state index is 13.4. The molecule has 2 N–H and O–H groups in total. The van der Waals surface area contributed by atoms with Crippen molar-refractivity contribution in [2.24, 2.45) is 17.6 Å². The molecule has 11 nitrogen and oxygen atoms in total. The van der Waals surface area contributed by atoms with Gasteiger partial charge in [-0.15, -0.1) is 0 Å². The van der Waals surface area contributed by atoms with Gasteiger partial charge in [0.15, 0.2) is 0 Å². The Kier molecular flexibility index (Phi) is 14.0. The van der Waals surface area contributed by atoms with Crippen molar-refractivity contribution < 1.29 is 14.4 Å². The number of carbonyl (C=O) groups excluding carboxylic acids is 3. The van der Waals surface area contributed by atoms with E-state index in [0.29, 0.717) is 44.2 Å². The summed E-state index contributed by atoms with van der Waals surface area (Å²) in [5.41, 5.74) is 8.06. The van der Waals surface area contributed by atoms with Crippen LogP contribution in [-0.4, -0.2) is 126 Å². The maximum Gasteiger partial charge on any atom is 0.320 e. The summed E-state index contributed by atoms with van der Waals surface area (Å²) in [6, 6.07) is 24.4. The number of benzene rings is 2. The Morgan fingerprint density at radius 2 is 1.05 bits per heavy atom. The van der Waals surface area contributed by atoms with Gasteiger partial charge in [0.25, 0.3) is 0 Å². The van der Waals surface area contributed by atoms with Crippen LogP contribution >= 0.6 is 0 Å². The minimum absolute atomic E-state index is 0.0249. The highest BCUT2D eigenvalue weighted by atomic mass is 16.2. The normalized spacial score (nSPS) is 29.3. The number of nitriles is 1. The smallest absolute Gasteiger partial charge is 0.320 e. The highest BCUT2D eigenvalue weighted by molar-refractivity contribution is 5.79. The number of nitrogens with two attached hydrogens (primary N) is 1. The summed E-state index contributed by atoms with van der Waals surface area (Å²) in [5.74, 6) is 1.05. The van der Waals surface area contributed by atoms with E-state index in [2.05, 4.69) is 115 Å². The first-order valence-electron chi connectivity index (χ1n) is 23.6. The molecule has 0 radical (unpaired) electrons. The fraction of sp³-hybridized carbons (Fsp3) is 0.680. The van der Waals surface area contributed by atoms with Gasteiger partial charge in [-0.05, 0) is 141 Å². The lowest BCUT2D eigenvalue weighted by molar-refractivity contribution is -0.118. The van der Waals surface area contributed by atoms with E-state index in [0.717, 1.165) is 84.0 Å². The van der Waals surface area contributed by atoms with E-state index in [1.54, 1.807) is 0 Å². The van der Waals surface area contributed by atoms with Gasteiger partial charge in [0.1, 0.15) is 0 Å². The second-order valence-electron chi connectivity index (χ2n) is 20.1. The van der Waals surface area contributed by atoms with Crippen LogP contribution < -0.4 is 5.73 Å². The summed E-state index contributed by atoms with van der Waals surface area (Å²) in [6.07, 6.45) is 18.3. The highest BCUT2D eigenvalue weighted by Gasteiger charge is 2.56. The molecule has 332 valence electrons. The van der Waals surface area contributed by atoms with Crippen LogP contribution in [0.25, 0.3) is 0 Å². The number of hydrogen-bond donors (Lipinski definition) is 1. The average Bonchev–Trinajstić information content (AvgIpc) is 3.62. The van der Waals surface area contributed by atoms with Crippen LogP contribution in [0.2, 0.25) is 0 Å². The van der Waals surface area contributed by atoms with E-state index in [9.17, 15) is 14.4 Å². The largest absolute Gasteiger partial charge is 0.370 e. The van der Waals surface area contributed by atoms with E-state index in [-0.39, 0.29) is 40.1 Å². The maximum atomic E-state index is 13.4. The van der Waals surface area contributed by atoms with Crippen molar-refractivity contribution in [3.8, 4) is 6.07 Å². The number of rotatable bonds is 15. The molecule has 0 aromatic heterocycles. The molecule has 0 unspecified atom stereocenters. The van der Waals surface area contributed by atoms with Crippen LogP contribution in [0.5, 0.6) is 0 Å². The first-order chi connectivity index (χ1) is 29.4.